The molecule has 3 nitrogen and oxygen atoms in total. The van der Waals surface area contributed by atoms with Gasteiger partial charge in [0.2, 0.25) is 0 Å². The van der Waals surface area contributed by atoms with Crippen molar-refractivity contribution in [2.24, 2.45) is 5.92 Å². The van der Waals surface area contributed by atoms with Crippen molar-refractivity contribution >= 4 is 5.97 Å². The zero-order chi connectivity index (χ0) is 12.6. The number of allylic oxidation sites excluding steroid dienone is 1. The topological polar surface area (TPSA) is 46.5 Å². The molecule has 0 amide bonds. The van der Waals surface area contributed by atoms with Crippen LogP contribution >= 0.6 is 0 Å². The molecule has 1 atom stereocenters. The van der Waals surface area contributed by atoms with Gasteiger partial charge in [-0.15, -0.1) is 0 Å². The largest absolute Gasteiger partial charge is 0.457 e. The second-order valence-corrected chi connectivity index (χ2v) is 5.13. The number of rotatable bonds is 6. The molecule has 0 bridgehead atoms. The summed E-state index contributed by atoms with van der Waals surface area (Å²) in [5, 5.41) is 8.72. The Morgan fingerprint density at radius 3 is 2.50 bits per heavy atom. The Morgan fingerprint density at radius 1 is 1.38 bits per heavy atom. The maximum Gasteiger partial charge on any atom is 0.330 e. The van der Waals surface area contributed by atoms with Gasteiger partial charge in [0.05, 0.1) is 0 Å². The standard InChI is InChI=1S/C13H24O3/c1-11(9-10-14)7-5-6-8-12(15)16-13(2,3)4/h6,8,11,14H,5,7,9-10H2,1-4H3/b8-6+/t11-/m1/s1. The molecule has 94 valence electrons. The fourth-order valence-corrected chi connectivity index (χ4v) is 1.26. The van der Waals surface area contributed by atoms with Crippen molar-refractivity contribution in [1.29, 1.82) is 0 Å². The quantitative estimate of drug-likeness (QED) is 0.561. The monoisotopic (exact) mass is 228 g/mol. The summed E-state index contributed by atoms with van der Waals surface area (Å²) in [6, 6.07) is 0. The molecule has 0 fully saturated rings. The van der Waals surface area contributed by atoms with Crippen LogP contribution in [0.1, 0.15) is 47.0 Å². The fourth-order valence-electron chi connectivity index (χ4n) is 1.26. The first kappa shape index (κ1) is 15.2. The second-order valence-electron chi connectivity index (χ2n) is 5.13. The van der Waals surface area contributed by atoms with Gasteiger partial charge in [-0.25, -0.2) is 4.79 Å². The first-order chi connectivity index (χ1) is 7.35. The van der Waals surface area contributed by atoms with E-state index < -0.39 is 5.60 Å². The molecule has 0 aliphatic carbocycles. The molecule has 0 saturated carbocycles. The third-order valence-corrected chi connectivity index (χ3v) is 2.11. The van der Waals surface area contributed by atoms with Crippen LogP contribution in [0.25, 0.3) is 0 Å². The molecule has 0 aromatic rings. The Labute approximate surface area is 98.5 Å². The highest BCUT2D eigenvalue weighted by molar-refractivity contribution is 5.82. The average Bonchev–Trinajstić information content (AvgIpc) is 2.10. The molecule has 0 aromatic heterocycles. The number of aliphatic hydroxyl groups excluding tert-OH is 1. The van der Waals surface area contributed by atoms with E-state index in [-0.39, 0.29) is 12.6 Å². The highest BCUT2D eigenvalue weighted by Gasteiger charge is 2.13. The minimum absolute atomic E-state index is 0.233. The first-order valence-electron chi connectivity index (χ1n) is 5.85. The lowest BCUT2D eigenvalue weighted by molar-refractivity contribution is -0.148. The van der Waals surface area contributed by atoms with Crippen LogP contribution in [-0.4, -0.2) is 23.3 Å². The zero-order valence-corrected chi connectivity index (χ0v) is 10.8. The van der Waals surface area contributed by atoms with Crippen LogP contribution in [0.3, 0.4) is 0 Å². The van der Waals surface area contributed by atoms with E-state index in [1.807, 2.05) is 26.8 Å². The molecule has 0 rings (SSSR count). The van der Waals surface area contributed by atoms with E-state index in [2.05, 4.69) is 6.92 Å². The normalized spacial score (nSPS) is 14.1. The van der Waals surface area contributed by atoms with E-state index in [9.17, 15) is 4.79 Å². The molecule has 0 aliphatic heterocycles. The van der Waals surface area contributed by atoms with Gasteiger partial charge in [0, 0.05) is 12.7 Å². The summed E-state index contributed by atoms with van der Waals surface area (Å²) in [5.74, 6) is 0.204. The number of esters is 1. The molecule has 16 heavy (non-hydrogen) atoms. The van der Waals surface area contributed by atoms with E-state index in [0.717, 1.165) is 19.3 Å². The lowest BCUT2D eigenvalue weighted by Gasteiger charge is -2.17. The van der Waals surface area contributed by atoms with Crippen molar-refractivity contribution in [1.82, 2.24) is 0 Å². The van der Waals surface area contributed by atoms with Gasteiger partial charge in [-0.05, 0) is 46.0 Å². The van der Waals surface area contributed by atoms with Gasteiger partial charge in [0.15, 0.2) is 0 Å². The summed E-state index contributed by atoms with van der Waals surface area (Å²) in [6.45, 7) is 7.88. The minimum Gasteiger partial charge on any atom is -0.457 e. The summed E-state index contributed by atoms with van der Waals surface area (Å²) < 4.78 is 5.13. The van der Waals surface area contributed by atoms with E-state index in [1.54, 1.807) is 0 Å². The molecule has 3 heteroatoms. The van der Waals surface area contributed by atoms with E-state index in [1.165, 1.54) is 6.08 Å². The fraction of sp³-hybridized carbons (Fsp3) is 0.769. The molecule has 0 heterocycles. The molecule has 0 unspecified atom stereocenters. The maximum atomic E-state index is 11.3. The van der Waals surface area contributed by atoms with Crippen molar-refractivity contribution in [2.45, 2.75) is 52.6 Å². The van der Waals surface area contributed by atoms with Gasteiger partial charge < -0.3 is 9.84 Å². The molecular formula is C13H24O3. The van der Waals surface area contributed by atoms with E-state index in [4.69, 9.17) is 9.84 Å². The molecule has 0 saturated heterocycles. The SMILES string of the molecule is C[C@@H](CCO)CC/C=C/C(=O)OC(C)(C)C. The Balaban J connectivity index is 3.72. The summed E-state index contributed by atoms with van der Waals surface area (Å²) in [6.07, 6.45) is 5.97. The van der Waals surface area contributed by atoms with Gasteiger partial charge >= 0.3 is 5.97 Å². The van der Waals surface area contributed by atoms with Crippen LogP contribution in [0.5, 0.6) is 0 Å². The zero-order valence-electron chi connectivity index (χ0n) is 10.8. The Bertz CT molecular complexity index is 226. The highest BCUT2D eigenvalue weighted by atomic mass is 16.6. The van der Waals surface area contributed by atoms with Crippen molar-refractivity contribution in [3.63, 3.8) is 0 Å². The van der Waals surface area contributed by atoms with Crippen LogP contribution in [-0.2, 0) is 9.53 Å². The van der Waals surface area contributed by atoms with E-state index in [0.29, 0.717) is 5.92 Å². The summed E-state index contributed by atoms with van der Waals surface area (Å²) in [7, 11) is 0. The number of carbonyl (C=O) groups excluding carboxylic acids is 1. The predicted octanol–water partition coefficient (Wildman–Crippen LogP) is 2.68. The molecule has 0 spiro atoms. The van der Waals surface area contributed by atoms with Crippen LogP contribution in [0, 0.1) is 5.92 Å². The molecule has 0 aliphatic rings. The summed E-state index contributed by atoms with van der Waals surface area (Å²) >= 11 is 0. The van der Waals surface area contributed by atoms with Gasteiger partial charge in [-0.1, -0.05) is 13.0 Å². The maximum absolute atomic E-state index is 11.3. The number of hydrogen-bond acceptors (Lipinski definition) is 3. The van der Waals surface area contributed by atoms with Gasteiger partial charge in [-0.2, -0.15) is 0 Å². The Kier molecular flexibility index (Phi) is 7.06. The first-order valence-corrected chi connectivity index (χ1v) is 5.85. The van der Waals surface area contributed by atoms with Gasteiger partial charge in [0.1, 0.15) is 5.60 Å². The molecular weight excluding hydrogens is 204 g/mol. The number of carbonyl (C=O) groups is 1. The molecule has 0 aromatic carbocycles. The average molecular weight is 228 g/mol. The lowest BCUT2D eigenvalue weighted by Crippen LogP contribution is -2.22. The van der Waals surface area contributed by atoms with Crippen LogP contribution in [0.4, 0.5) is 0 Å². The molecule has 1 N–H and O–H groups in total. The third-order valence-electron chi connectivity index (χ3n) is 2.11. The number of hydrogen-bond donors (Lipinski definition) is 1. The summed E-state index contributed by atoms with van der Waals surface area (Å²) in [5.41, 5.74) is -0.425. The number of ether oxygens (including phenoxy) is 1. The smallest absolute Gasteiger partial charge is 0.330 e. The molecule has 0 radical (unpaired) electrons. The van der Waals surface area contributed by atoms with Crippen LogP contribution in [0.2, 0.25) is 0 Å². The third kappa shape index (κ3) is 9.71. The minimum atomic E-state index is -0.425. The van der Waals surface area contributed by atoms with Crippen molar-refractivity contribution < 1.29 is 14.6 Å². The predicted molar refractivity (Wildman–Crippen MR) is 65.1 cm³/mol. The lowest BCUT2D eigenvalue weighted by atomic mass is 10.0. The highest BCUT2D eigenvalue weighted by Crippen LogP contribution is 2.10. The van der Waals surface area contributed by atoms with Crippen molar-refractivity contribution in [3.05, 3.63) is 12.2 Å². The second kappa shape index (κ2) is 7.44. The van der Waals surface area contributed by atoms with E-state index >= 15 is 0 Å². The van der Waals surface area contributed by atoms with Crippen molar-refractivity contribution in [3.8, 4) is 0 Å². The van der Waals surface area contributed by atoms with Crippen LogP contribution < -0.4 is 0 Å². The van der Waals surface area contributed by atoms with Crippen LogP contribution in [0.15, 0.2) is 12.2 Å². The summed E-state index contributed by atoms with van der Waals surface area (Å²) in [4.78, 5) is 11.3. The Hall–Kier alpha value is -0.830. The Morgan fingerprint density at radius 2 is 2.00 bits per heavy atom. The van der Waals surface area contributed by atoms with Gasteiger partial charge in [-0.3, -0.25) is 0 Å². The van der Waals surface area contributed by atoms with Gasteiger partial charge in [0.25, 0.3) is 0 Å². The number of aliphatic hydroxyl groups is 1. The van der Waals surface area contributed by atoms with Crippen molar-refractivity contribution in [2.75, 3.05) is 6.61 Å².